The van der Waals surface area contributed by atoms with Crippen LogP contribution in [0, 0.1) is 6.92 Å². The summed E-state index contributed by atoms with van der Waals surface area (Å²) in [6.45, 7) is 6.41. The molecular weight excluding hydrogens is 299 g/mol. The summed E-state index contributed by atoms with van der Waals surface area (Å²) in [5, 5.41) is 0. The fraction of sp³-hybridized carbons (Fsp3) is 0.538. The van der Waals surface area contributed by atoms with E-state index in [1.165, 1.54) is 11.1 Å². The minimum absolute atomic E-state index is 0.237. The van der Waals surface area contributed by atoms with Crippen molar-refractivity contribution in [3.05, 3.63) is 35.4 Å². The summed E-state index contributed by atoms with van der Waals surface area (Å²) in [6, 6.07) is 8.59. The van der Waals surface area contributed by atoms with Gasteiger partial charge < -0.3 is 4.74 Å². The second-order valence-electron chi connectivity index (χ2n) is 3.91. The molecule has 1 rings (SSSR count). The van der Waals surface area contributed by atoms with E-state index in [1.54, 1.807) is 0 Å². The molecule has 2 heteroatoms. The number of benzene rings is 1. The molecule has 2 atom stereocenters. The van der Waals surface area contributed by atoms with Gasteiger partial charge in [-0.05, 0) is 25.8 Å². The zero-order valence-electron chi connectivity index (χ0n) is 9.66. The highest BCUT2D eigenvalue weighted by molar-refractivity contribution is 14.1. The Hall–Kier alpha value is -0.0900. The summed E-state index contributed by atoms with van der Waals surface area (Å²) in [5.41, 5.74) is 2.60. The lowest BCUT2D eigenvalue weighted by molar-refractivity contribution is 0.00975. The van der Waals surface area contributed by atoms with Crippen LogP contribution in [0.2, 0.25) is 0 Å². The number of hydrogen-bond donors (Lipinski definition) is 0. The van der Waals surface area contributed by atoms with E-state index in [0.717, 1.165) is 10.8 Å². The maximum Gasteiger partial charge on any atom is 0.0917 e. The molecule has 1 nitrogen and oxygen atoms in total. The Bertz CT molecular complexity index is 298. The zero-order valence-corrected chi connectivity index (χ0v) is 11.8. The minimum Gasteiger partial charge on any atom is -0.370 e. The number of halogens is 1. The molecule has 0 saturated carbocycles. The Balaban J connectivity index is 2.73. The molecule has 15 heavy (non-hydrogen) atoms. The summed E-state index contributed by atoms with van der Waals surface area (Å²) in [4.78, 5) is 0. The zero-order chi connectivity index (χ0) is 11.3. The Labute approximate surface area is 106 Å². The van der Waals surface area contributed by atoms with Crippen LogP contribution in [-0.2, 0) is 4.74 Å². The molecule has 2 unspecified atom stereocenters. The quantitative estimate of drug-likeness (QED) is 0.581. The van der Waals surface area contributed by atoms with Gasteiger partial charge >= 0.3 is 0 Å². The first-order valence-electron chi connectivity index (χ1n) is 5.45. The highest BCUT2D eigenvalue weighted by Crippen LogP contribution is 2.23. The summed E-state index contributed by atoms with van der Waals surface area (Å²) in [5.74, 6) is 0. The van der Waals surface area contributed by atoms with Crippen molar-refractivity contribution in [2.75, 3.05) is 4.43 Å². The first kappa shape index (κ1) is 13.0. The number of rotatable bonds is 5. The Morgan fingerprint density at radius 1 is 1.40 bits per heavy atom. The van der Waals surface area contributed by atoms with Gasteiger partial charge in [-0.2, -0.15) is 0 Å². The van der Waals surface area contributed by atoms with Crippen molar-refractivity contribution in [3.8, 4) is 0 Å². The number of aryl methyl sites for hydroxylation is 1. The van der Waals surface area contributed by atoms with Crippen molar-refractivity contribution >= 4 is 22.6 Å². The molecule has 0 aliphatic rings. The maximum absolute atomic E-state index is 5.98. The van der Waals surface area contributed by atoms with Crippen LogP contribution in [0.3, 0.4) is 0 Å². The molecule has 0 saturated heterocycles. The maximum atomic E-state index is 5.98. The smallest absolute Gasteiger partial charge is 0.0917 e. The van der Waals surface area contributed by atoms with Crippen LogP contribution < -0.4 is 0 Å². The van der Waals surface area contributed by atoms with Crippen LogP contribution >= 0.6 is 22.6 Å². The Kier molecular flexibility index (Phi) is 5.61. The van der Waals surface area contributed by atoms with E-state index in [0.29, 0.717) is 6.10 Å². The monoisotopic (exact) mass is 318 g/mol. The number of ether oxygens (including phenoxy) is 1. The predicted octanol–water partition coefficient (Wildman–Crippen LogP) is 4.29. The third kappa shape index (κ3) is 4.11. The second kappa shape index (κ2) is 6.48. The molecule has 0 heterocycles. The van der Waals surface area contributed by atoms with Crippen molar-refractivity contribution in [1.82, 2.24) is 0 Å². The van der Waals surface area contributed by atoms with Crippen molar-refractivity contribution < 1.29 is 4.74 Å². The molecule has 1 aromatic rings. The standard InChI is InChI=1S/C13H19IO/c1-4-11(3)15-13(9-14)12-7-5-6-10(2)8-12/h5-8,11,13H,4,9H2,1-3H3. The lowest BCUT2D eigenvalue weighted by Crippen LogP contribution is -2.14. The summed E-state index contributed by atoms with van der Waals surface area (Å²) in [6.07, 6.45) is 1.64. The summed E-state index contributed by atoms with van der Waals surface area (Å²) < 4.78 is 6.99. The van der Waals surface area contributed by atoms with Gasteiger partial charge in [0.05, 0.1) is 12.2 Å². The fourth-order valence-corrected chi connectivity index (χ4v) is 2.17. The Morgan fingerprint density at radius 2 is 2.13 bits per heavy atom. The number of alkyl halides is 1. The van der Waals surface area contributed by atoms with Crippen LogP contribution in [0.1, 0.15) is 37.5 Å². The van der Waals surface area contributed by atoms with E-state index in [9.17, 15) is 0 Å². The van der Waals surface area contributed by atoms with Gasteiger partial charge in [0.1, 0.15) is 0 Å². The third-order valence-corrected chi connectivity index (χ3v) is 3.33. The molecule has 1 aromatic carbocycles. The fourth-order valence-electron chi connectivity index (χ4n) is 1.45. The molecule has 0 spiro atoms. The van der Waals surface area contributed by atoms with Crippen molar-refractivity contribution in [3.63, 3.8) is 0 Å². The molecule has 0 amide bonds. The first-order chi connectivity index (χ1) is 7.17. The molecule has 0 aromatic heterocycles. The van der Waals surface area contributed by atoms with Gasteiger partial charge in [-0.25, -0.2) is 0 Å². The van der Waals surface area contributed by atoms with Crippen LogP contribution in [-0.4, -0.2) is 10.5 Å². The van der Waals surface area contributed by atoms with E-state index < -0.39 is 0 Å². The van der Waals surface area contributed by atoms with Crippen LogP contribution in [0.5, 0.6) is 0 Å². The van der Waals surface area contributed by atoms with Crippen molar-refractivity contribution in [1.29, 1.82) is 0 Å². The van der Waals surface area contributed by atoms with E-state index in [4.69, 9.17) is 4.74 Å². The van der Waals surface area contributed by atoms with Gasteiger partial charge in [0, 0.05) is 4.43 Å². The highest BCUT2D eigenvalue weighted by Gasteiger charge is 2.13. The molecule has 0 aliphatic carbocycles. The van der Waals surface area contributed by atoms with Gasteiger partial charge in [-0.1, -0.05) is 59.3 Å². The number of hydrogen-bond acceptors (Lipinski definition) is 1. The molecule has 0 bridgehead atoms. The van der Waals surface area contributed by atoms with Crippen LogP contribution in [0.4, 0.5) is 0 Å². The van der Waals surface area contributed by atoms with E-state index >= 15 is 0 Å². The third-order valence-electron chi connectivity index (χ3n) is 2.53. The Morgan fingerprint density at radius 3 is 2.67 bits per heavy atom. The van der Waals surface area contributed by atoms with Crippen molar-refractivity contribution in [2.45, 2.75) is 39.4 Å². The molecular formula is C13H19IO. The molecule has 0 radical (unpaired) electrons. The van der Waals surface area contributed by atoms with Crippen molar-refractivity contribution in [2.24, 2.45) is 0 Å². The largest absolute Gasteiger partial charge is 0.370 e. The van der Waals surface area contributed by atoms with E-state index in [1.807, 2.05) is 0 Å². The summed E-state index contributed by atoms with van der Waals surface area (Å²) in [7, 11) is 0. The lowest BCUT2D eigenvalue weighted by atomic mass is 10.1. The van der Waals surface area contributed by atoms with Crippen LogP contribution in [0.15, 0.2) is 24.3 Å². The lowest BCUT2D eigenvalue weighted by Gasteiger charge is -2.20. The highest BCUT2D eigenvalue weighted by atomic mass is 127. The minimum atomic E-state index is 0.237. The average Bonchev–Trinajstić information content (AvgIpc) is 2.25. The predicted molar refractivity (Wildman–Crippen MR) is 73.6 cm³/mol. The normalized spacial score (nSPS) is 14.9. The van der Waals surface area contributed by atoms with Gasteiger partial charge in [0.2, 0.25) is 0 Å². The van der Waals surface area contributed by atoms with Gasteiger partial charge in [-0.15, -0.1) is 0 Å². The molecule has 84 valence electrons. The SMILES string of the molecule is CCC(C)OC(CI)c1cccc(C)c1. The summed E-state index contributed by atoms with van der Waals surface area (Å²) >= 11 is 2.39. The topological polar surface area (TPSA) is 9.23 Å². The van der Waals surface area contributed by atoms with E-state index in [-0.39, 0.29) is 6.10 Å². The second-order valence-corrected chi connectivity index (χ2v) is 4.79. The molecule has 0 fully saturated rings. The van der Waals surface area contributed by atoms with Gasteiger partial charge in [-0.3, -0.25) is 0 Å². The molecule has 0 N–H and O–H groups in total. The van der Waals surface area contributed by atoms with Crippen LogP contribution in [0.25, 0.3) is 0 Å². The van der Waals surface area contributed by atoms with Gasteiger partial charge in [0.25, 0.3) is 0 Å². The molecule has 0 aliphatic heterocycles. The van der Waals surface area contributed by atoms with E-state index in [2.05, 4.69) is 67.6 Å². The average molecular weight is 318 g/mol. The van der Waals surface area contributed by atoms with Gasteiger partial charge in [0.15, 0.2) is 0 Å². The first-order valence-corrected chi connectivity index (χ1v) is 6.98.